The Balaban J connectivity index is 1.29. The number of aliphatic hydroxyl groups excluding tert-OH is 1. The summed E-state index contributed by atoms with van der Waals surface area (Å²) in [5, 5.41) is 21.1. The number of aryl methyl sites for hydroxylation is 1. The van der Waals surface area contributed by atoms with Gasteiger partial charge in [0.2, 0.25) is 0 Å². The number of carbonyl (C=O) groups excluding carboxylic acids is 1. The largest absolute Gasteiger partial charge is 0.497 e. The molecule has 32 heavy (non-hydrogen) atoms. The fourth-order valence-corrected chi connectivity index (χ4v) is 3.75. The number of nitrogens with one attached hydrogen (secondary N) is 1. The van der Waals surface area contributed by atoms with E-state index in [1.165, 1.54) is 18.6 Å². The predicted molar refractivity (Wildman–Crippen MR) is 115 cm³/mol. The van der Waals surface area contributed by atoms with E-state index in [1.807, 2.05) is 30.5 Å². The second-order valence-electron chi connectivity index (χ2n) is 7.61. The van der Waals surface area contributed by atoms with Crippen LogP contribution in [0.25, 0.3) is 11.3 Å². The molecular formula is C22H26N6O4. The molecule has 1 amide bonds. The van der Waals surface area contributed by atoms with E-state index in [0.29, 0.717) is 13.0 Å². The van der Waals surface area contributed by atoms with Crippen LogP contribution in [0.3, 0.4) is 0 Å². The van der Waals surface area contributed by atoms with Gasteiger partial charge in [-0.2, -0.15) is 0 Å². The number of hydrogen-bond acceptors (Lipinski definition) is 8. The predicted octanol–water partition coefficient (Wildman–Crippen LogP) is 1.47. The molecule has 0 spiro atoms. The smallest absolute Gasteiger partial charge is 0.271 e. The number of aromatic nitrogens is 5. The topological polar surface area (TPSA) is 124 Å². The molecule has 4 rings (SSSR count). The maximum absolute atomic E-state index is 12.3. The van der Waals surface area contributed by atoms with Crippen LogP contribution in [-0.4, -0.2) is 67.9 Å². The standard InChI is InChI=1S/C22H26N6O4/c1-31-16-4-2-15(3-5-16)20-13-28(27-26-20)11-8-17-6-7-18(21(14-29)32-17)25-22(30)19-12-23-9-10-24-19/h2-5,9-10,12-13,17-18,21,29H,6-8,11,14H2,1H3,(H,25,30)/t17-,18-,21+/m0/s1. The zero-order valence-corrected chi connectivity index (χ0v) is 17.8. The first-order valence-corrected chi connectivity index (χ1v) is 10.5. The van der Waals surface area contributed by atoms with Gasteiger partial charge in [-0.05, 0) is 43.5 Å². The van der Waals surface area contributed by atoms with Gasteiger partial charge in [-0.25, -0.2) is 4.98 Å². The normalized spacial score (nSPS) is 20.6. The third-order valence-corrected chi connectivity index (χ3v) is 5.51. The van der Waals surface area contributed by atoms with Crippen molar-refractivity contribution in [1.82, 2.24) is 30.3 Å². The van der Waals surface area contributed by atoms with Crippen LogP contribution in [-0.2, 0) is 11.3 Å². The van der Waals surface area contributed by atoms with Crippen LogP contribution in [0.5, 0.6) is 5.75 Å². The summed E-state index contributed by atoms with van der Waals surface area (Å²) in [5.41, 5.74) is 2.00. The van der Waals surface area contributed by atoms with Crippen molar-refractivity contribution in [2.24, 2.45) is 0 Å². The molecule has 1 saturated heterocycles. The molecule has 1 aliphatic rings. The molecule has 2 N–H and O–H groups in total. The Hall–Kier alpha value is -3.37. The number of aliphatic hydroxyl groups is 1. The van der Waals surface area contributed by atoms with Crippen LogP contribution in [0.1, 0.15) is 29.8 Å². The van der Waals surface area contributed by atoms with Gasteiger partial charge in [0, 0.05) is 24.5 Å². The van der Waals surface area contributed by atoms with Gasteiger partial charge in [-0.15, -0.1) is 5.10 Å². The molecule has 0 bridgehead atoms. The Morgan fingerprint density at radius 2 is 2.12 bits per heavy atom. The Morgan fingerprint density at radius 3 is 2.84 bits per heavy atom. The average molecular weight is 438 g/mol. The van der Waals surface area contributed by atoms with E-state index in [1.54, 1.807) is 11.8 Å². The molecule has 1 aromatic carbocycles. The van der Waals surface area contributed by atoms with Crippen LogP contribution in [0.4, 0.5) is 0 Å². The number of nitrogens with zero attached hydrogens (tertiary/aromatic N) is 5. The monoisotopic (exact) mass is 438 g/mol. The molecule has 10 nitrogen and oxygen atoms in total. The molecule has 1 fully saturated rings. The maximum Gasteiger partial charge on any atom is 0.271 e. The van der Waals surface area contributed by atoms with Crippen molar-refractivity contribution >= 4 is 5.91 Å². The molecule has 1 aliphatic heterocycles. The van der Waals surface area contributed by atoms with Gasteiger partial charge >= 0.3 is 0 Å². The van der Waals surface area contributed by atoms with Gasteiger partial charge in [0.25, 0.3) is 5.91 Å². The molecule has 0 aliphatic carbocycles. The van der Waals surface area contributed by atoms with Crippen molar-refractivity contribution in [3.63, 3.8) is 0 Å². The number of rotatable bonds is 8. The summed E-state index contributed by atoms with van der Waals surface area (Å²) in [5.74, 6) is 0.470. The molecule has 0 saturated carbocycles. The summed E-state index contributed by atoms with van der Waals surface area (Å²) >= 11 is 0. The van der Waals surface area contributed by atoms with Crippen molar-refractivity contribution in [1.29, 1.82) is 0 Å². The number of hydrogen-bond donors (Lipinski definition) is 2. The molecule has 2 aromatic heterocycles. The quantitative estimate of drug-likeness (QED) is 0.542. The number of ether oxygens (including phenoxy) is 2. The summed E-state index contributed by atoms with van der Waals surface area (Å²) in [6.07, 6.45) is 7.98. The zero-order valence-electron chi connectivity index (χ0n) is 17.8. The van der Waals surface area contributed by atoms with Gasteiger partial charge in [0.05, 0.1) is 38.3 Å². The lowest BCUT2D eigenvalue weighted by Gasteiger charge is -2.36. The van der Waals surface area contributed by atoms with Gasteiger partial charge in [-0.1, -0.05) is 5.21 Å². The van der Waals surface area contributed by atoms with Crippen molar-refractivity contribution in [2.45, 2.75) is 44.1 Å². The number of carbonyl (C=O) groups is 1. The first-order chi connectivity index (χ1) is 15.7. The molecule has 3 atom stereocenters. The summed E-state index contributed by atoms with van der Waals surface area (Å²) < 4.78 is 13.0. The van der Waals surface area contributed by atoms with Crippen LogP contribution >= 0.6 is 0 Å². The Morgan fingerprint density at radius 1 is 1.28 bits per heavy atom. The second-order valence-corrected chi connectivity index (χ2v) is 7.61. The number of benzene rings is 1. The summed E-state index contributed by atoms with van der Waals surface area (Å²) in [6.45, 7) is 0.468. The van der Waals surface area contributed by atoms with Gasteiger partial charge in [-0.3, -0.25) is 14.5 Å². The Bertz CT molecular complexity index is 1010. The lowest BCUT2D eigenvalue weighted by Crippen LogP contribution is -2.51. The number of amides is 1. The second kappa shape index (κ2) is 10.3. The minimum Gasteiger partial charge on any atom is -0.497 e. The molecular weight excluding hydrogens is 412 g/mol. The third kappa shape index (κ3) is 5.27. The van der Waals surface area contributed by atoms with E-state index < -0.39 is 6.10 Å². The molecule has 3 aromatic rings. The fourth-order valence-electron chi connectivity index (χ4n) is 3.75. The van der Waals surface area contributed by atoms with E-state index in [-0.39, 0.29) is 30.4 Å². The fraction of sp³-hybridized carbons (Fsp3) is 0.409. The minimum absolute atomic E-state index is 0.0366. The van der Waals surface area contributed by atoms with Crippen molar-refractivity contribution < 1.29 is 19.4 Å². The summed E-state index contributed by atoms with van der Waals surface area (Å²) in [6, 6.07) is 7.38. The minimum atomic E-state index is -0.472. The Labute approximate surface area is 185 Å². The third-order valence-electron chi connectivity index (χ3n) is 5.51. The zero-order chi connectivity index (χ0) is 22.3. The van der Waals surface area contributed by atoms with Crippen molar-refractivity contribution in [3.8, 4) is 17.0 Å². The summed E-state index contributed by atoms with van der Waals surface area (Å²) in [4.78, 5) is 20.3. The Kier molecular flexibility index (Phi) is 7.03. The summed E-state index contributed by atoms with van der Waals surface area (Å²) in [7, 11) is 1.63. The number of methoxy groups -OCH3 is 1. The van der Waals surface area contributed by atoms with E-state index in [2.05, 4.69) is 25.6 Å². The SMILES string of the molecule is COc1ccc(-c2cn(CC[C@@H]3CC[C@H](NC(=O)c4cnccn4)[C@@H](CO)O3)nn2)cc1. The average Bonchev–Trinajstić information content (AvgIpc) is 3.33. The molecule has 0 unspecified atom stereocenters. The van der Waals surface area contributed by atoms with Crippen LogP contribution < -0.4 is 10.1 Å². The lowest BCUT2D eigenvalue weighted by molar-refractivity contribution is -0.0912. The highest BCUT2D eigenvalue weighted by molar-refractivity contribution is 5.92. The maximum atomic E-state index is 12.3. The molecule has 3 heterocycles. The van der Waals surface area contributed by atoms with Crippen LogP contribution in [0.15, 0.2) is 49.1 Å². The molecule has 0 radical (unpaired) electrons. The lowest BCUT2D eigenvalue weighted by atomic mass is 9.97. The van der Waals surface area contributed by atoms with Crippen LogP contribution in [0.2, 0.25) is 0 Å². The molecule has 10 heteroatoms. The highest BCUT2D eigenvalue weighted by atomic mass is 16.5. The highest BCUT2D eigenvalue weighted by Crippen LogP contribution is 2.23. The first-order valence-electron chi connectivity index (χ1n) is 10.5. The van der Waals surface area contributed by atoms with Crippen molar-refractivity contribution in [2.75, 3.05) is 13.7 Å². The van der Waals surface area contributed by atoms with Crippen molar-refractivity contribution in [3.05, 3.63) is 54.7 Å². The van der Waals surface area contributed by atoms with Crippen LogP contribution in [0, 0.1) is 0 Å². The highest BCUT2D eigenvalue weighted by Gasteiger charge is 2.32. The van der Waals surface area contributed by atoms with E-state index in [4.69, 9.17) is 9.47 Å². The van der Waals surface area contributed by atoms with E-state index in [0.717, 1.165) is 29.8 Å². The van der Waals surface area contributed by atoms with Gasteiger partial charge < -0.3 is 19.9 Å². The first kappa shape index (κ1) is 21.8. The molecule has 168 valence electrons. The van der Waals surface area contributed by atoms with E-state index in [9.17, 15) is 9.90 Å². The van der Waals surface area contributed by atoms with Gasteiger partial charge in [0.1, 0.15) is 23.2 Å². The van der Waals surface area contributed by atoms with E-state index >= 15 is 0 Å². The van der Waals surface area contributed by atoms with Gasteiger partial charge in [0.15, 0.2) is 0 Å².